The molecule has 4 N–H and O–H groups in total. The van der Waals surface area contributed by atoms with E-state index in [0.29, 0.717) is 5.56 Å². The van der Waals surface area contributed by atoms with Gasteiger partial charge in [-0.05, 0) is 0 Å². The summed E-state index contributed by atoms with van der Waals surface area (Å²) in [5.74, 6) is -1.26. The van der Waals surface area contributed by atoms with Crippen LogP contribution < -0.4 is 11.5 Å². The van der Waals surface area contributed by atoms with E-state index in [1.54, 1.807) is 30.3 Å². The van der Waals surface area contributed by atoms with E-state index in [2.05, 4.69) is 0 Å². The van der Waals surface area contributed by atoms with E-state index in [4.69, 9.17) is 11.5 Å². The number of nitrogens with two attached hydrogens (primary N) is 2. The molecule has 0 aliphatic heterocycles. The third-order valence-electron chi connectivity index (χ3n) is 1.65. The van der Waals surface area contributed by atoms with Gasteiger partial charge in [-0.15, -0.1) is 12.4 Å². The van der Waals surface area contributed by atoms with Crippen LogP contribution in [0.15, 0.2) is 30.3 Å². The zero-order valence-corrected chi connectivity index (χ0v) is 8.16. The second-order valence-corrected chi connectivity index (χ2v) is 2.61. The maximum Gasteiger partial charge on any atom is 0.242 e. The summed E-state index contributed by atoms with van der Waals surface area (Å²) in [4.78, 5) is 22.0. The van der Waals surface area contributed by atoms with Gasteiger partial charge >= 0.3 is 0 Å². The Kier molecular flexibility index (Phi) is 4.83. The largest absolute Gasteiger partial charge is 0.368 e. The van der Waals surface area contributed by atoms with E-state index >= 15 is 0 Å². The molecule has 0 bridgehead atoms. The topological polar surface area (TPSA) is 86.2 Å². The molecule has 14 heavy (non-hydrogen) atoms. The summed E-state index contributed by atoms with van der Waals surface area (Å²) in [6.07, 6.45) is 0. The van der Waals surface area contributed by atoms with Crippen molar-refractivity contribution in [3.05, 3.63) is 35.9 Å². The number of amides is 1. The van der Waals surface area contributed by atoms with Crippen molar-refractivity contribution < 1.29 is 9.59 Å². The van der Waals surface area contributed by atoms with E-state index in [-0.39, 0.29) is 12.4 Å². The summed E-state index contributed by atoms with van der Waals surface area (Å²) >= 11 is 0. The van der Waals surface area contributed by atoms with Crippen LogP contribution in [-0.2, 0) is 4.79 Å². The lowest BCUT2D eigenvalue weighted by Gasteiger charge is -2.05. The molecule has 0 spiro atoms. The molecule has 0 radical (unpaired) electrons. The van der Waals surface area contributed by atoms with E-state index in [0.717, 1.165) is 0 Å². The van der Waals surface area contributed by atoms with Crippen molar-refractivity contribution in [2.24, 2.45) is 11.5 Å². The smallest absolute Gasteiger partial charge is 0.242 e. The highest BCUT2D eigenvalue weighted by atomic mass is 35.5. The van der Waals surface area contributed by atoms with Crippen molar-refractivity contribution in [3.63, 3.8) is 0 Å². The predicted molar refractivity (Wildman–Crippen MR) is 55.2 cm³/mol. The lowest BCUT2D eigenvalue weighted by atomic mass is 10.1. The fraction of sp³-hybridized carbons (Fsp3) is 0.111. The maximum absolute atomic E-state index is 11.4. The standard InChI is InChI=1S/C9H10N2O2.ClH/c10-7(9(11)13)8(12)6-4-2-1-3-5-6;/h1-5,7H,10H2,(H2,11,13);1H. The first kappa shape index (κ1) is 12.6. The second kappa shape index (κ2) is 5.36. The molecule has 1 aromatic rings. The number of Topliss-reactive ketones (excluding diaryl/α,β-unsaturated/α-hetero) is 1. The molecular weight excluding hydrogens is 204 g/mol. The molecule has 1 rings (SSSR count). The van der Waals surface area contributed by atoms with E-state index in [9.17, 15) is 9.59 Å². The summed E-state index contributed by atoms with van der Waals surface area (Å²) < 4.78 is 0. The van der Waals surface area contributed by atoms with Crippen LogP contribution in [-0.4, -0.2) is 17.7 Å². The molecule has 4 nitrogen and oxygen atoms in total. The van der Waals surface area contributed by atoms with Crippen molar-refractivity contribution in [1.82, 2.24) is 0 Å². The van der Waals surface area contributed by atoms with Gasteiger partial charge in [0.05, 0.1) is 0 Å². The zero-order valence-electron chi connectivity index (χ0n) is 7.34. The summed E-state index contributed by atoms with van der Waals surface area (Å²) in [5, 5.41) is 0. The molecule has 1 amide bonds. The number of primary amides is 1. The fourth-order valence-corrected chi connectivity index (χ4v) is 0.911. The highest BCUT2D eigenvalue weighted by Gasteiger charge is 2.19. The molecule has 0 saturated carbocycles. The average molecular weight is 215 g/mol. The Balaban J connectivity index is 0.00000169. The van der Waals surface area contributed by atoms with Gasteiger partial charge in [-0.3, -0.25) is 9.59 Å². The predicted octanol–water partition coefficient (Wildman–Crippen LogP) is 0.104. The summed E-state index contributed by atoms with van der Waals surface area (Å²) in [6, 6.07) is 7.09. The van der Waals surface area contributed by atoms with Crippen LogP contribution in [0.1, 0.15) is 10.4 Å². The van der Waals surface area contributed by atoms with Crippen LogP contribution in [0.3, 0.4) is 0 Å². The van der Waals surface area contributed by atoms with Gasteiger partial charge in [-0.25, -0.2) is 0 Å². The van der Waals surface area contributed by atoms with Gasteiger partial charge in [0.2, 0.25) is 5.91 Å². The van der Waals surface area contributed by atoms with Crippen LogP contribution in [0, 0.1) is 0 Å². The molecule has 0 aliphatic rings. The van der Waals surface area contributed by atoms with E-state index < -0.39 is 17.7 Å². The van der Waals surface area contributed by atoms with E-state index in [1.807, 2.05) is 0 Å². The van der Waals surface area contributed by atoms with Crippen molar-refractivity contribution in [2.45, 2.75) is 6.04 Å². The quantitative estimate of drug-likeness (QED) is 0.553. The first-order chi connectivity index (χ1) is 6.13. The van der Waals surface area contributed by atoms with Gasteiger partial charge < -0.3 is 11.5 Å². The minimum Gasteiger partial charge on any atom is -0.368 e. The Morgan fingerprint density at radius 2 is 1.64 bits per heavy atom. The van der Waals surface area contributed by atoms with Crippen molar-refractivity contribution in [1.29, 1.82) is 0 Å². The third-order valence-corrected chi connectivity index (χ3v) is 1.65. The maximum atomic E-state index is 11.4. The lowest BCUT2D eigenvalue weighted by Crippen LogP contribution is -2.43. The highest BCUT2D eigenvalue weighted by Crippen LogP contribution is 2.01. The normalized spacial score (nSPS) is 11.2. The lowest BCUT2D eigenvalue weighted by molar-refractivity contribution is -0.118. The number of halogens is 1. The average Bonchev–Trinajstić information content (AvgIpc) is 2.17. The SMILES string of the molecule is Cl.NC(=O)C(N)C(=O)c1ccccc1. The van der Waals surface area contributed by atoms with Gasteiger partial charge in [-0.2, -0.15) is 0 Å². The Hall–Kier alpha value is -1.39. The summed E-state index contributed by atoms with van der Waals surface area (Å²) in [5.41, 5.74) is 10.6. The molecule has 5 heteroatoms. The second-order valence-electron chi connectivity index (χ2n) is 2.61. The van der Waals surface area contributed by atoms with Gasteiger partial charge in [0, 0.05) is 5.56 Å². The first-order valence-corrected chi connectivity index (χ1v) is 3.77. The molecule has 1 atom stereocenters. The Labute approximate surface area is 87.7 Å². The molecule has 0 aromatic heterocycles. The molecule has 0 aliphatic carbocycles. The fourth-order valence-electron chi connectivity index (χ4n) is 0.911. The van der Waals surface area contributed by atoms with Gasteiger partial charge in [-0.1, -0.05) is 30.3 Å². The molecule has 0 heterocycles. The van der Waals surface area contributed by atoms with Gasteiger partial charge in [0.1, 0.15) is 6.04 Å². The van der Waals surface area contributed by atoms with Crippen LogP contribution in [0.4, 0.5) is 0 Å². The van der Waals surface area contributed by atoms with Crippen LogP contribution >= 0.6 is 12.4 Å². The van der Waals surface area contributed by atoms with Crippen molar-refractivity contribution in [3.8, 4) is 0 Å². The third kappa shape index (κ3) is 2.83. The summed E-state index contributed by atoms with van der Waals surface area (Å²) in [6.45, 7) is 0. The molecule has 0 fully saturated rings. The highest BCUT2D eigenvalue weighted by molar-refractivity contribution is 6.12. The Morgan fingerprint density at radius 1 is 1.14 bits per heavy atom. The minimum atomic E-state index is -1.25. The number of rotatable bonds is 3. The summed E-state index contributed by atoms with van der Waals surface area (Å²) in [7, 11) is 0. The Morgan fingerprint density at radius 3 is 2.07 bits per heavy atom. The van der Waals surface area contributed by atoms with Gasteiger partial charge in [0.25, 0.3) is 0 Å². The molecular formula is C9H11ClN2O2. The first-order valence-electron chi connectivity index (χ1n) is 3.77. The Bertz CT molecular complexity index is 327. The number of carbonyl (C=O) groups is 2. The monoisotopic (exact) mass is 214 g/mol. The van der Waals surface area contributed by atoms with Crippen LogP contribution in [0.2, 0.25) is 0 Å². The van der Waals surface area contributed by atoms with Crippen LogP contribution in [0.5, 0.6) is 0 Å². The van der Waals surface area contributed by atoms with Crippen molar-refractivity contribution >= 4 is 24.1 Å². The van der Waals surface area contributed by atoms with Crippen LogP contribution in [0.25, 0.3) is 0 Å². The van der Waals surface area contributed by atoms with Gasteiger partial charge in [0.15, 0.2) is 5.78 Å². The number of ketones is 1. The number of hydrogen-bond acceptors (Lipinski definition) is 3. The number of hydrogen-bond donors (Lipinski definition) is 2. The van der Waals surface area contributed by atoms with E-state index in [1.165, 1.54) is 0 Å². The van der Waals surface area contributed by atoms with Crippen molar-refractivity contribution in [2.75, 3.05) is 0 Å². The molecule has 0 saturated heterocycles. The molecule has 1 unspecified atom stereocenters. The number of benzene rings is 1. The molecule has 1 aromatic carbocycles. The minimum absolute atomic E-state index is 0. The molecule has 76 valence electrons. The zero-order chi connectivity index (χ0) is 9.84. The number of carbonyl (C=O) groups excluding carboxylic acids is 2.